The normalized spacial score (nSPS) is 13.8. The van der Waals surface area contributed by atoms with Crippen LogP contribution in [0.25, 0.3) is 0 Å². The molecule has 1 aliphatic heterocycles. The number of esters is 1. The summed E-state index contributed by atoms with van der Waals surface area (Å²) in [4.78, 5) is 23.4. The number of carbonyl (C=O) groups excluding carboxylic acids is 1. The minimum Gasteiger partial charge on any atom is -0.493 e. The fourth-order valence-corrected chi connectivity index (χ4v) is 4.64. The van der Waals surface area contributed by atoms with E-state index in [1.165, 1.54) is 43.5 Å². The fourth-order valence-electron chi connectivity index (χ4n) is 4.64. The highest BCUT2D eigenvalue weighted by atomic mass is 16.6. The molecule has 4 aromatic rings. The molecule has 10 heteroatoms. The van der Waals surface area contributed by atoms with Gasteiger partial charge in [-0.15, -0.1) is 0 Å². The lowest BCUT2D eigenvalue weighted by Gasteiger charge is -2.27. The maximum atomic E-state index is 12.7. The molecule has 0 amide bonds. The minimum absolute atomic E-state index is 0.0845. The lowest BCUT2D eigenvalue weighted by Crippen LogP contribution is -2.21. The minimum atomic E-state index is -0.901. The molecule has 0 bridgehead atoms. The second-order valence-electron chi connectivity index (χ2n) is 9.47. The average Bonchev–Trinajstić information content (AvgIpc) is 3.00. The average molecular weight is 564 g/mol. The number of hydrogen-bond acceptors (Lipinski definition) is 9. The second kappa shape index (κ2) is 11.7. The van der Waals surface area contributed by atoms with Crippen LogP contribution in [0.15, 0.2) is 96.4 Å². The number of benzene rings is 4. The van der Waals surface area contributed by atoms with Gasteiger partial charge in [0, 0.05) is 17.7 Å². The Morgan fingerprint density at radius 1 is 1.05 bits per heavy atom. The maximum absolute atomic E-state index is 12.7. The van der Waals surface area contributed by atoms with Gasteiger partial charge >= 0.3 is 5.97 Å². The predicted molar refractivity (Wildman–Crippen MR) is 152 cm³/mol. The number of para-hydroxylation sites is 1. The first kappa shape index (κ1) is 27.7. The van der Waals surface area contributed by atoms with Crippen molar-refractivity contribution in [2.45, 2.75) is 19.4 Å². The molecule has 1 heterocycles. The number of rotatable bonds is 8. The number of hydrogen-bond donors (Lipinski definition) is 1. The topological polar surface area (TPSA) is 147 Å². The number of methoxy groups -OCH3 is 1. The summed E-state index contributed by atoms with van der Waals surface area (Å²) < 4.78 is 22.8. The monoisotopic (exact) mass is 563 g/mol. The van der Waals surface area contributed by atoms with Crippen LogP contribution in [0, 0.1) is 28.4 Å². The Balaban J connectivity index is 1.44. The summed E-state index contributed by atoms with van der Waals surface area (Å²) in [5.41, 5.74) is 9.24. The SMILES string of the molecule is COc1cc(C2C(C#N)=C(N)Oc3cc(OC(=O)c4ccccc4[N+](=O)[O-])ccc32)ccc1OCc1ccc(C)cc1. The molecule has 210 valence electrons. The number of allylic oxidation sites excluding steroid dienone is 1. The van der Waals surface area contributed by atoms with E-state index in [9.17, 15) is 20.2 Å². The van der Waals surface area contributed by atoms with E-state index in [1.54, 1.807) is 18.2 Å². The van der Waals surface area contributed by atoms with E-state index in [4.69, 9.17) is 24.7 Å². The van der Waals surface area contributed by atoms with E-state index in [2.05, 4.69) is 6.07 Å². The van der Waals surface area contributed by atoms with Crippen molar-refractivity contribution in [1.29, 1.82) is 5.26 Å². The Kier molecular flexibility index (Phi) is 7.75. The molecule has 5 rings (SSSR count). The van der Waals surface area contributed by atoms with Crippen LogP contribution in [0.3, 0.4) is 0 Å². The van der Waals surface area contributed by atoms with Crippen LogP contribution >= 0.6 is 0 Å². The van der Waals surface area contributed by atoms with Gasteiger partial charge in [0.1, 0.15) is 35.3 Å². The summed E-state index contributed by atoms with van der Waals surface area (Å²) in [5, 5.41) is 21.3. The van der Waals surface area contributed by atoms with Crippen molar-refractivity contribution in [3.63, 3.8) is 0 Å². The third-order valence-corrected chi connectivity index (χ3v) is 6.76. The number of nitrogens with two attached hydrogens (primary N) is 1. The molecule has 0 fully saturated rings. The van der Waals surface area contributed by atoms with Crippen LogP contribution < -0.4 is 24.7 Å². The van der Waals surface area contributed by atoms with Gasteiger partial charge in [0.25, 0.3) is 5.69 Å². The summed E-state index contributed by atoms with van der Waals surface area (Å²) in [5.74, 6) is -0.263. The molecule has 1 unspecified atom stereocenters. The first-order valence-electron chi connectivity index (χ1n) is 12.8. The highest BCUT2D eigenvalue weighted by Crippen LogP contribution is 2.45. The van der Waals surface area contributed by atoms with Crippen LogP contribution in [0.5, 0.6) is 23.0 Å². The number of carbonyl (C=O) groups is 1. The van der Waals surface area contributed by atoms with E-state index in [-0.39, 0.29) is 34.2 Å². The Labute approximate surface area is 241 Å². The number of nitrogens with zero attached hydrogens (tertiary/aromatic N) is 2. The van der Waals surface area contributed by atoms with Gasteiger partial charge in [0.2, 0.25) is 5.88 Å². The lowest BCUT2D eigenvalue weighted by molar-refractivity contribution is -0.385. The third-order valence-electron chi connectivity index (χ3n) is 6.76. The molecule has 42 heavy (non-hydrogen) atoms. The number of ether oxygens (including phenoxy) is 4. The van der Waals surface area contributed by atoms with Crippen LogP contribution in [-0.2, 0) is 6.61 Å². The summed E-state index contributed by atoms with van der Waals surface area (Å²) in [6.45, 7) is 2.36. The quantitative estimate of drug-likeness (QED) is 0.119. The molecule has 0 spiro atoms. The van der Waals surface area contributed by atoms with Gasteiger partial charge in [0.15, 0.2) is 11.5 Å². The molecule has 0 aromatic heterocycles. The molecule has 1 aliphatic rings. The van der Waals surface area contributed by atoms with E-state index in [1.807, 2.05) is 37.3 Å². The zero-order valence-electron chi connectivity index (χ0n) is 22.7. The first-order chi connectivity index (χ1) is 20.3. The van der Waals surface area contributed by atoms with Crippen molar-refractivity contribution in [3.05, 3.63) is 134 Å². The van der Waals surface area contributed by atoms with Crippen molar-refractivity contribution < 1.29 is 28.7 Å². The van der Waals surface area contributed by atoms with E-state index < -0.39 is 16.8 Å². The zero-order valence-corrected chi connectivity index (χ0v) is 22.7. The van der Waals surface area contributed by atoms with Crippen molar-refractivity contribution in [3.8, 4) is 29.1 Å². The van der Waals surface area contributed by atoms with Crippen LogP contribution in [0.2, 0.25) is 0 Å². The highest BCUT2D eigenvalue weighted by Gasteiger charge is 2.32. The molecular formula is C32H25N3O7. The molecule has 2 N–H and O–H groups in total. The zero-order chi connectivity index (χ0) is 29.8. The lowest BCUT2D eigenvalue weighted by atomic mass is 9.83. The Bertz CT molecular complexity index is 1760. The van der Waals surface area contributed by atoms with Crippen molar-refractivity contribution >= 4 is 11.7 Å². The van der Waals surface area contributed by atoms with Crippen LogP contribution in [0.1, 0.15) is 38.5 Å². The predicted octanol–water partition coefficient (Wildman–Crippen LogP) is 5.93. The molecule has 0 radical (unpaired) electrons. The van der Waals surface area contributed by atoms with Crippen molar-refractivity contribution in [2.24, 2.45) is 5.73 Å². The number of fused-ring (bicyclic) bond motifs is 1. The fraction of sp³-hybridized carbons (Fsp3) is 0.125. The largest absolute Gasteiger partial charge is 0.493 e. The van der Waals surface area contributed by atoms with Crippen LogP contribution in [0.4, 0.5) is 5.69 Å². The van der Waals surface area contributed by atoms with Gasteiger partial charge in [-0.3, -0.25) is 10.1 Å². The Morgan fingerprint density at radius 3 is 2.52 bits per heavy atom. The van der Waals surface area contributed by atoms with Crippen molar-refractivity contribution in [2.75, 3.05) is 7.11 Å². The number of aryl methyl sites for hydroxylation is 1. The Morgan fingerprint density at radius 2 is 1.81 bits per heavy atom. The summed E-state index contributed by atoms with van der Waals surface area (Å²) in [6, 6.07) is 25.6. The van der Waals surface area contributed by atoms with Crippen molar-refractivity contribution in [1.82, 2.24) is 0 Å². The van der Waals surface area contributed by atoms with Crippen LogP contribution in [-0.4, -0.2) is 18.0 Å². The first-order valence-corrected chi connectivity index (χ1v) is 12.8. The van der Waals surface area contributed by atoms with Gasteiger partial charge in [-0.05, 0) is 42.3 Å². The molecule has 0 aliphatic carbocycles. The van der Waals surface area contributed by atoms with E-state index >= 15 is 0 Å². The Hall–Kier alpha value is -5.82. The molecule has 0 saturated carbocycles. The van der Waals surface area contributed by atoms with Gasteiger partial charge in [-0.2, -0.15) is 5.26 Å². The molecular weight excluding hydrogens is 538 g/mol. The standard InChI is InChI=1S/C32H25N3O7/c1-19-7-9-20(10-8-19)18-40-27-14-11-21(15-29(27)39-2)30-24-13-12-22(16-28(24)42-31(34)25(30)17-33)41-32(36)23-5-3-4-6-26(23)35(37)38/h3-16,30H,18,34H2,1-2H3. The van der Waals surface area contributed by atoms with E-state index in [0.717, 1.165) is 11.1 Å². The summed E-state index contributed by atoms with van der Waals surface area (Å²) in [6.07, 6.45) is 0. The molecule has 10 nitrogen and oxygen atoms in total. The number of nitro benzene ring substituents is 1. The number of nitriles is 1. The second-order valence-corrected chi connectivity index (χ2v) is 9.47. The number of nitro groups is 1. The third kappa shape index (κ3) is 5.57. The van der Waals surface area contributed by atoms with Gasteiger partial charge in [-0.25, -0.2) is 4.79 Å². The van der Waals surface area contributed by atoms with Gasteiger partial charge < -0.3 is 24.7 Å². The van der Waals surface area contributed by atoms with Gasteiger partial charge in [-0.1, -0.05) is 54.1 Å². The molecule has 1 atom stereocenters. The van der Waals surface area contributed by atoms with Gasteiger partial charge in [0.05, 0.1) is 18.0 Å². The van der Waals surface area contributed by atoms with E-state index in [0.29, 0.717) is 29.2 Å². The maximum Gasteiger partial charge on any atom is 0.350 e. The summed E-state index contributed by atoms with van der Waals surface area (Å²) in [7, 11) is 1.53. The molecule has 0 saturated heterocycles. The molecule has 4 aromatic carbocycles. The summed E-state index contributed by atoms with van der Waals surface area (Å²) >= 11 is 0. The highest BCUT2D eigenvalue weighted by molar-refractivity contribution is 5.95. The smallest absolute Gasteiger partial charge is 0.350 e.